The summed E-state index contributed by atoms with van der Waals surface area (Å²) in [5.41, 5.74) is 3.11. The quantitative estimate of drug-likeness (QED) is 0.405. The summed E-state index contributed by atoms with van der Waals surface area (Å²) in [6, 6.07) is 15.9. The van der Waals surface area contributed by atoms with Gasteiger partial charge in [-0.05, 0) is 0 Å². The van der Waals surface area contributed by atoms with E-state index >= 15 is 0 Å². The minimum absolute atomic E-state index is 0.00891. The Labute approximate surface area is 206 Å². The predicted molar refractivity (Wildman–Crippen MR) is 137 cm³/mol. The van der Waals surface area contributed by atoms with E-state index < -0.39 is 11.7 Å². The van der Waals surface area contributed by atoms with Gasteiger partial charge in [0, 0.05) is 0 Å². The second kappa shape index (κ2) is 10.6. The van der Waals surface area contributed by atoms with Crippen LogP contribution in [0.3, 0.4) is 0 Å². The van der Waals surface area contributed by atoms with E-state index in [1.54, 1.807) is 27.0 Å². The molecule has 1 aromatic heterocycles. The normalized spacial score (nSPS) is 11.9. The Morgan fingerprint density at radius 1 is 1.06 bits per heavy atom. The molecule has 0 saturated heterocycles. The number of fused-ring (bicyclic) bond motifs is 1. The van der Waals surface area contributed by atoms with Crippen LogP contribution in [0, 0.1) is 11.5 Å². The first-order chi connectivity index (χ1) is 16.5. The van der Waals surface area contributed by atoms with E-state index in [4.69, 9.17) is 24.6 Å². The molecule has 0 atom stereocenters. The number of alkyl carbamates (subject to hydrolysis) is 1. The molecule has 3 rings (SSSR count). The topological polar surface area (TPSA) is 109 Å². The van der Waals surface area contributed by atoms with E-state index in [1.165, 1.54) is 5.56 Å². The number of nitriles is 1. The van der Waals surface area contributed by atoms with Crippen LogP contribution in [0.5, 0.6) is 0 Å². The fourth-order valence-corrected chi connectivity index (χ4v) is 3.32. The van der Waals surface area contributed by atoms with Crippen LogP contribution in [0.4, 0.5) is 4.79 Å². The van der Waals surface area contributed by atoms with Crippen molar-refractivity contribution in [2.45, 2.75) is 59.1 Å². The molecular weight excluding hydrogens is 441 g/mol. The Hall–Kier alpha value is -3.93. The van der Waals surface area contributed by atoms with Crippen LogP contribution in [0.1, 0.15) is 52.8 Å². The van der Waals surface area contributed by atoms with Gasteiger partial charge in [0.2, 0.25) is 0 Å². The van der Waals surface area contributed by atoms with Crippen molar-refractivity contribution in [1.82, 2.24) is 20.6 Å². The molecule has 9 heteroatoms. The van der Waals surface area contributed by atoms with Crippen LogP contribution in [0.15, 0.2) is 48.5 Å². The average Bonchev–Trinajstić information content (AvgIpc) is 2.78. The van der Waals surface area contributed by atoms with Gasteiger partial charge < -0.3 is 0 Å². The van der Waals surface area contributed by atoms with Crippen LogP contribution in [0.2, 0.25) is 0 Å². The monoisotopic (exact) mass is 471 g/mol. The summed E-state index contributed by atoms with van der Waals surface area (Å²) in [4.78, 5) is 21.8. The molecule has 2 aromatic carbocycles. The fourth-order valence-electron chi connectivity index (χ4n) is 3.32. The third-order valence-corrected chi connectivity index (χ3v) is 4.98. The fraction of sp³-hybridized carbons (Fsp3) is 0.346. The van der Waals surface area contributed by atoms with E-state index in [1.807, 2.05) is 36.4 Å². The number of hydrogen-bond acceptors (Lipinski definition) is 7. The molecule has 0 aliphatic heterocycles. The van der Waals surface area contributed by atoms with E-state index in [-0.39, 0.29) is 17.7 Å². The first-order valence-electron chi connectivity index (χ1n) is 11.3. The number of amides is 1. The molecule has 2 N–H and O–H groups in total. The number of carbonyl (C=O) groups excluding carboxylic acids is 1. The Kier molecular flexibility index (Phi) is 7.75. The molecule has 0 aliphatic rings. The molecule has 0 fully saturated rings. The number of aromatic nitrogens is 2. The van der Waals surface area contributed by atoms with E-state index in [0.29, 0.717) is 5.82 Å². The number of rotatable bonds is 6. The molecule has 35 heavy (non-hydrogen) atoms. The standard InChI is InChI=1S/C26H30BN5O3/c1-25(2,3)18-11-9-10-17(14-18)22-30-20-13-8-7-12-19(20)21(31-22)15-29-23(27-34-16-28)32-24(33)35-26(4,5)6/h7-14,29H,15H2,1-6H3,(H,32,33). The zero-order valence-corrected chi connectivity index (χ0v) is 21.0. The maximum absolute atomic E-state index is 12.2. The maximum atomic E-state index is 12.2. The summed E-state index contributed by atoms with van der Waals surface area (Å²) >= 11 is 0. The third kappa shape index (κ3) is 7.28. The van der Waals surface area contributed by atoms with Crippen LogP contribution >= 0.6 is 0 Å². The predicted octanol–water partition coefficient (Wildman–Crippen LogP) is 4.41. The van der Waals surface area contributed by atoms with Crippen molar-refractivity contribution in [3.63, 3.8) is 0 Å². The summed E-state index contributed by atoms with van der Waals surface area (Å²) in [6.07, 6.45) is 0.885. The summed E-state index contributed by atoms with van der Waals surface area (Å²) in [7, 11) is 1.11. The molecule has 0 unspecified atom stereocenters. The van der Waals surface area contributed by atoms with E-state index in [2.05, 4.69) is 43.5 Å². The molecule has 180 valence electrons. The van der Waals surface area contributed by atoms with Crippen LogP contribution in [-0.2, 0) is 21.4 Å². The van der Waals surface area contributed by atoms with Crippen molar-refractivity contribution < 1.29 is 14.2 Å². The van der Waals surface area contributed by atoms with Crippen molar-refractivity contribution >= 4 is 29.8 Å². The molecule has 0 spiro atoms. The number of hydrogen-bond donors (Lipinski definition) is 2. The number of para-hydroxylation sites is 1. The van der Waals surface area contributed by atoms with Gasteiger partial charge in [-0.2, -0.15) is 0 Å². The molecule has 8 nitrogen and oxygen atoms in total. The van der Waals surface area contributed by atoms with Gasteiger partial charge in [-0.3, -0.25) is 0 Å². The average molecular weight is 471 g/mol. The molecule has 0 aliphatic carbocycles. The van der Waals surface area contributed by atoms with Gasteiger partial charge in [-0.15, -0.1) is 0 Å². The van der Waals surface area contributed by atoms with Crippen molar-refractivity contribution in [1.29, 1.82) is 5.26 Å². The first-order valence-corrected chi connectivity index (χ1v) is 11.3. The summed E-state index contributed by atoms with van der Waals surface area (Å²) in [5.74, 6) is 0.602. The Balaban J connectivity index is 1.93. The summed E-state index contributed by atoms with van der Waals surface area (Å²) in [5, 5.41) is 15.3. The summed E-state index contributed by atoms with van der Waals surface area (Å²) < 4.78 is 10.0. The molecule has 1 amide bonds. The van der Waals surface area contributed by atoms with Crippen LogP contribution < -0.4 is 10.6 Å². The molecule has 3 aromatic rings. The molecule has 0 bridgehead atoms. The van der Waals surface area contributed by atoms with Crippen molar-refractivity contribution in [2.24, 2.45) is 0 Å². The second-order valence-electron chi connectivity index (χ2n) is 10.1. The van der Waals surface area contributed by atoms with Gasteiger partial charge in [0.25, 0.3) is 0 Å². The first kappa shape index (κ1) is 25.7. The summed E-state index contributed by atoms with van der Waals surface area (Å²) in [6.45, 7) is 12.0. The molecule has 1 heterocycles. The number of nitrogens with one attached hydrogen (secondary N) is 2. The number of benzene rings is 2. The van der Waals surface area contributed by atoms with E-state index in [9.17, 15) is 4.79 Å². The minimum atomic E-state index is -0.676. The SMILES string of the molecule is CC(C)(C)OC(=O)NC(=BOC#N)NCc1nc(-c2cccc(C(C)(C)C)c2)nc2ccccc12. The number of ether oxygens (including phenoxy) is 1. The number of carbonyl (C=O) groups is 1. The Bertz CT molecular complexity index is 1290. The second-order valence-corrected chi connectivity index (χ2v) is 10.1. The van der Waals surface area contributed by atoms with Gasteiger partial charge in [0.15, 0.2) is 0 Å². The zero-order chi connectivity index (χ0) is 25.6. The van der Waals surface area contributed by atoms with Gasteiger partial charge in [-0.1, -0.05) is 0 Å². The molecule has 0 saturated carbocycles. The van der Waals surface area contributed by atoms with Gasteiger partial charge in [0.05, 0.1) is 0 Å². The van der Waals surface area contributed by atoms with Gasteiger partial charge in [0.1, 0.15) is 0 Å². The van der Waals surface area contributed by atoms with Crippen LogP contribution in [-0.4, -0.2) is 34.5 Å². The zero-order valence-electron chi connectivity index (χ0n) is 21.0. The van der Waals surface area contributed by atoms with Gasteiger partial charge in [-0.25, -0.2) is 0 Å². The number of nitrogens with zero attached hydrogens (tertiary/aromatic N) is 3. The van der Waals surface area contributed by atoms with Crippen molar-refractivity contribution in [3.05, 3.63) is 59.8 Å². The van der Waals surface area contributed by atoms with Crippen LogP contribution in [0.25, 0.3) is 22.3 Å². The van der Waals surface area contributed by atoms with E-state index in [0.717, 1.165) is 29.3 Å². The van der Waals surface area contributed by atoms with Gasteiger partial charge >= 0.3 is 206 Å². The third-order valence-electron chi connectivity index (χ3n) is 4.98. The molecule has 0 radical (unpaired) electrons. The molecular formula is C26H30BN5O3. The Morgan fingerprint density at radius 3 is 2.49 bits per heavy atom. The Morgan fingerprint density at radius 2 is 1.80 bits per heavy atom. The van der Waals surface area contributed by atoms with Crippen molar-refractivity contribution in [2.75, 3.05) is 0 Å². The van der Waals surface area contributed by atoms with Crippen molar-refractivity contribution in [3.8, 4) is 17.6 Å².